The Labute approximate surface area is 195 Å². The maximum atomic E-state index is 13.2. The third-order valence-electron chi connectivity index (χ3n) is 8.29. The molecule has 2 fully saturated rings. The van der Waals surface area contributed by atoms with Gasteiger partial charge in [0.2, 0.25) is 0 Å². The van der Waals surface area contributed by atoms with Gasteiger partial charge in [0, 0.05) is 30.4 Å². The largest absolute Gasteiger partial charge is 0.445 e. The highest BCUT2D eigenvalue weighted by atomic mass is 16.6. The van der Waals surface area contributed by atoms with Crippen LogP contribution in [-0.4, -0.2) is 28.6 Å². The number of benzene rings is 2. The Hall–Kier alpha value is -3.14. The highest BCUT2D eigenvalue weighted by Crippen LogP contribution is 2.56. The van der Waals surface area contributed by atoms with E-state index in [-0.39, 0.29) is 17.6 Å². The number of piperidine rings is 1. The van der Waals surface area contributed by atoms with Gasteiger partial charge in [-0.25, -0.2) is 4.79 Å². The second-order valence-electron chi connectivity index (χ2n) is 9.87. The highest BCUT2D eigenvalue weighted by molar-refractivity contribution is 5.70. The van der Waals surface area contributed by atoms with Crippen LogP contribution in [0.2, 0.25) is 0 Å². The van der Waals surface area contributed by atoms with Crippen molar-refractivity contribution in [2.24, 2.45) is 5.92 Å². The molecular formula is C29H30N2O2. The number of carbonyl (C=O) groups is 1. The van der Waals surface area contributed by atoms with Crippen LogP contribution in [0.3, 0.4) is 0 Å². The summed E-state index contributed by atoms with van der Waals surface area (Å²) in [5, 5.41) is 0. The average Bonchev–Trinajstić information content (AvgIpc) is 2.88. The standard InChI is InChI=1S/C29H30N2O2/c32-28(33-20-21-6-2-1-3-7-21)31-17-14-29-13-5-4-8-25(29)27(31)19-24-10-9-23(18-26(24)29)22-11-15-30-16-12-22/h1-3,6-7,9-12,15-16,18,25,27H,4-5,8,13-14,17,19-20H2/t25-,27+,29?/m1/s1. The second kappa shape index (κ2) is 8.33. The summed E-state index contributed by atoms with van der Waals surface area (Å²) in [6.07, 6.45) is 10.5. The molecule has 0 N–H and O–H groups in total. The minimum Gasteiger partial charge on any atom is -0.445 e. The molecule has 33 heavy (non-hydrogen) atoms. The summed E-state index contributed by atoms with van der Waals surface area (Å²) in [6.45, 7) is 1.12. The number of pyridine rings is 1. The maximum Gasteiger partial charge on any atom is 0.410 e. The molecule has 1 saturated heterocycles. The van der Waals surface area contributed by atoms with Crippen molar-refractivity contribution in [2.75, 3.05) is 6.54 Å². The van der Waals surface area contributed by atoms with Crippen LogP contribution in [0.15, 0.2) is 73.1 Å². The van der Waals surface area contributed by atoms with Gasteiger partial charge in [-0.15, -0.1) is 0 Å². The summed E-state index contributed by atoms with van der Waals surface area (Å²) >= 11 is 0. The molecular weight excluding hydrogens is 408 g/mol. The van der Waals surface area contributed by atoms with Crippen molar-refractivity contribution in [2.45, 2.75) is 56.6 Å². The Morgan fingerprint density at radius 2 is 1.85 bits per heavy atom. The smallest absolute Gasteiger partial charge is 0.410 e. The van der Waals surface area contributed by atoms with Crippen molar-refractivity contribution in [1.82, 2.24) is 9.88 Å². The zero-order chi connectivity index (χ0) is 22.3. The quantitative estimate of drug-likeness (QED) is 0.493. The monoisotopic (exact) mass is 438 g/mol. The molecule has 2 aromatic carbocycles. The summed E-state index contributed by atoms with van der Waals surface area (Å²) in [7, 11) is 0. The van der Waals surface area contributed by atoms with Gasteiger partial charge in [0.1, 0.15) is 6.61 Å². The van der Waals surface area contributed by atoms with E-state index in [1.807, 2.05) is 42.7 Å². The topological polar surface area (TPSA) is 42.4 Å². The van der Waals surface area contributed by atoms with E-state index < -0.39 is 0 Å². The predicted octanol–water partition coefficient (Wildman–Crippen LogP) is 6.14. The van der Waals surface area contributed by atoms with Crippen molar-refractivity contribution in [1.29, 1.82) is 0 Å². The molecule has 6 rings (SSSR count). The number of rotatable bonds is 3. The van der Waals surface area contributed by atoms with Crippen LogP contribution in [0.5, 0.6) is 0 Å². The van der Waals surface area contributed by atoms with Gasteiger partial charge in [-0.2, -0.15) is 0 Å². The lowest BCUT2D eigenvalue weighted by Gasteiger charge is -2.58. The Balaban J connectivity index is 1.31. The van der Waals surface area contributed by atoms with Crippen molar-refractivity contribution in [3.05, 3.63) is 89.7 Å². The van der Waals surface area contributed by atoms with Crippen LogP contribution >= 0.6 is 0 Å². The maximum absolute atomic E-state index is 13.2. The lowest BCUT2D eigenvalue weighted by Crippen LogP contribution is -2.62. The number of amides is 1. The van der Waals surface area contributed by atoms with Gasteiger partial charge in [-0.05, 0) is 71.6 Å². The van der Waals surface area contributed by atoms with Crippen LogP contribution in [0.1, 0.15) is 48.8 Å². The Bertz CT molecular complexity index is 1150. The molecule has 0 spiro atoms. The van der Waals surface area contributed by atoms with Crippen molar-refractivity contribution in [3.8, 4) is 11.1 Å². The SMILES string of the molecule is O=C(OCc1ccccc1)N1CCC23CCCC[C@@H]2[C@@H]1Cc1ccc(-c2ccncc2)cc13. The van der Waals surface area contributed by atoms with Gasteiger partial charge in [0.05, 0.1) is 0 Å². The highest BCUT2D eigenvalue weighted by Gasteiger charge is 2.55. The normalized spacial score (nSPS) is 25.6. The molecule has 3 aromatic rings. The Morgan fingerprint density at radius 1 is 1.00 bits per heavy atom. The first-order valence-electron chi connectivity index (χ1n) is 12.3. The molecule has 2 heterocycles. The van der Waals surface area contributed by atoms with Gasteiger partial charge < -0.3 is 9.64 Å². The number of carbonyl (C=O) groups excluding carboxylic acids is 1. The molecule has 2 aliphatic carbocycles. The molecule has 4 nitrogen and oxygen atoms in total. The van der Waals surface area contributed by atoms with Gasteiger partial charge in [0.15, 0.2) is 0 Å². The first kappa shape index (κ1) is 20.5. The lowest BCUT2D eigenvalue weighted by atomic mass is 9.52. The average molecular weight is 439 g/mol. The molecule has 168 valence electrons. The van der Waals surface area contributed by atoms with E-state index in [0.29, 0.717) is 12.5 Å². The van der Waals surface area contributed by atoms with E-state index in [2.05, 4.69) is 40.2 Å². The summed E-state index contributed by atoms with van der Waals surface area (Å²) in [5.74, 6) is 0.518. The van der Waals surface area contributed by atoms with Gasteiger partial charge in [0.25, 0.3) is 0 Å². The number of nitrogens with zero attached hydrogens (tertiary/aromatic N) is 2. The van der Waals surface area contributed by atoms with E-state index >= 15 is 0 Å². The first-order valence-corrected chi connectivity index (χ1v) is 12.3. The summed E-state index contributed by atoms with van der Waals surface area (Å²) < 4.78 is 5.78. The van der Waals surface area contributed by atoms with Crippen molar-refractivity contribution >= 4 is 6.09 Å². The Morgan fingerprint density at radius 3 is 2.70 bits per heavy atom. The van der Waals surface area contributed by atoms with E-state index in [1.54, 1.807) is 0 Å². The third-order valence-corrected chi connectivity index (χ3v) is 8.29. The molecule has 1 unspecified atom stereocenters. The number of likely N-dealkylation sites (tertiary alicyclic amines) is 1. The second-order valence-corrected chi connectivity index (χ2v) is 9.87. The predicted molar refractivity (Wildman–Crippen MR) is 129 cm³/mol. The van der Waals surface area contributed by atoms with Crippen molar-refractivity contribution < 1.29 is 9.53 Å². The number of aromatic nitrogens is 1. The van der Waals surface area contributed by atoms with Crippen LogP contribution in [0.4, 0.5) is 4.79 Å². The first-order chi connectivity index (χ1) is 16.2. The molecule has 3 aliphatic rings. The van der Waals surface area contributed by atoms with E-state index in [4.69, 9.17) is 4.74 Å². The molecule has 1 saturated carbocycles. The minimum atomic E-state index is -0.153. The molecule has 1 amide bonds. The van der Waals surface area contributed by atoms with Crippen LogP contribution in [0, 0.1) is 5.92 Å². The lowest BCUT2D eigenvalue weighted by molar-refractivity contribution is -0.0136. The molecule has 1 aromatic heterocycles. The minimum absolute atomic E-state index is 0.153. The number of ether oxygens (including phenoxy) is 1. The zero-order valence-electron chi connectivity index (χ0n) is 19.0. The van der Waals surface area contributed by atoms with Crippen LogP contribution in [-0.2, 0) is 23.2 Å². The molecule has 0 radical (unpaired) electrons. The molecule has 4 heteroatoms. The van der Waals surface area contributed by atoms with Crippen molar-refractivity contribution in [3.63, 3.8) is 0 Å². The van der Waals surface area contributed by atoms with E-state index in [9.17, 15) is 4.79 Å². The summed E-state index contributed by atoms with van der Waals surface area (Å²) in [5.41, 5.74) is 6.67. The summed E-state index contributed by atoms with van der Waals surface area (Å²) in [6, 6.07) is 21.4. The molecule has 1 aliphatic heterocycles. The number of hydrogen-bond acceptors (Lipinski definition) is 3. The van der Waals surface area contributed by atoms with E-state index in [0.717, 1.165) is 24.9 Å². The number of fused-ring (bicyclic) bond motifs is 1. The fourth-order valence-corrected chi connectivity index (χ4v) is 6.76. The zero-order valence-corrected chi connectivity index (χ0v) is 19.0. The van der Waals surface area contributed by atoms with Gasteiger partial charge in [-0.3, -0.25) is 4.98 Å². The van der Waals surface area contributed by atoms with Gasteiger partial charge in [-0.1, -0.05) is 61.4 Å². The van der Waals surface area contributed by atoms with Crippen LogP contribution < -0.4 is 0 Å². The number of hydrogen-bond donors (Lipinski definition) is 0. The molecule has 3 atom stereocenters. The fraction of sp³-hybridized carbons (Fsp3) is 0.379. The fourth-order valence-electron chi connectivity index (χ4n) is 6.76. The molecule has 2 bridgehead atoms. The van der Waals surface area contributed by atoms with Gasteiger partial charge >= 0.3 is 6.09 Å². The third kappa shape index (κ3) is 3.52. The van der Waals surface area contributed by atoms with Crippen LogP contribution in [0.25, 0.3) is 11.1 Å². The van der Waals surface area contributed by atoms with E-state index in [1.165, 1.54) is 47.9 Å². The summed E-state index contributed by atoms with van der Waals surface area (Å²) in [4.78, 5) is 19.4. The Kier molecular flexibility index (Phi) is 5.17.